The van der Waals surface area contributed by atoms with Crippen LogP contribution in [-0.2, 0) is 4.74 Å². The molecule has 2 rings (SSSR count). The van der Waals surface area contributed by atoms with E-state index in [-0.39, 0.29) is 0 Å². The minimum Gasteiger partial charge on any atom is -0.341 e. The Morgan fingerprint density at radius 3 is 3.00 bits per heavy atom. The fraction of sp³-hybridized carbons (Fsp3) is 0.833. The molecular formula is C6H12N3O. The molecular weight excluding hydrogens is 130 g/mol. The van der Waals surface area contributed by atoms with Crippen LogP contribution in [-0.4, -0.2) is 37.8 Å². The lowest BCUT2D eigenvalue weighted by Crippen LogP contribution is -2.34. The second-order valence-corrected chi connectivity index (χ2v) is 2.50. The van der Waals surface area contributed by atoms with Gasteiger partial charge >= 0.3 is 0 Å². The van der Waals surface area contributed by atoms with Crippen LogP contribution >= 0.6 is 0 Å². The molecule has 2 fully saturated rings. The summed E-state index contributed by atoms with van der Waals surface area (Å²) in [7, 11) is 0. The van der Waals surface area contributed by atoms with E-state index in [0.717, 1.165) is 39.3 Å². The van der Waals surface area contributed by atoms with Crippen LogP contribution in [0.2, 0.25) is 0 Å². The van der Waals surface area contributed by atoms with Crippen molar-refractivity contribution in [3.63, 3.8) is 0 Å². The highest BCUT2D eigenvalue weighted by atomic mass is 16.5. The average Bonchev–Trinajstić information content (AvgIpc) is 2.59. The molecule has 2 saturated heterocycles. The molecule has 10 heavy (non-hydrogen) atoms. The minimum atomic E-state index is 0.811. The van der Waals surface area contributed by atoms with Gasteiger partial charge in [-0.1, -0.05) is 0 Å². The highest BCUT2D eigenvalue weighted by molar-refractivity contribution is 4.84. The van der Waals surface area contributed by atoms with E-state index in [2.05, 4.69) is 15.5 Å². The summed E-state index contributed by atoms with van der Waals surface area (Å²) < 4.78 is 5.33. The van der Waals surface area contributed by atoms with Crippen LogP contribution < -0.4 is 10.6 Å². The number of rotatable bonds is 1. The first-order valence-electron chi connectivity index (χ1n) is 3.66. The molecule has 2 aliphatic rings. The topological polar surface area (TPSA) is 36.5 Å². The lowest BCUT2D eigenvalue weighted by atomic mass is 10.6. The molecule has 0 aromatic rings. The first-order chi connectivity index (χ1) is 4.97. The quantitative estimate of drug-likeness (QED) is 0.488. The molecule has 0 aliphatic carbocycles. The van der Waals surface area contributed by atoms with Crippen LogP contribution in [0.15, 0.2) is 0 Å². The van der Waals surface area contributed by atoms with Gasteiger partial charge in [0.25, 0.3) is 0 Å². The average molecular weight is 142 g/mol. The lowest BCUT2D eigenvalue weighted by molar-refractivity contribution is 0.0808. The van der Waals surface area contributed by atoms with Gasteiger partial charge in [-0.05, 0) is 0 Å². The molecule has 4 nitrogen and oxygen atoms in total. The molecule has 0 atom stereocenters. The second-order valence-electron chi connectivity index (χ2n) is 2.50. The molecule has 2 heterocycles. The van der Waals surface area contributed by atoms with E-state index in [1.54, 1.807) is 0 Å². The Bertz CT molecular complexity index is 93.6. The molecule has 1 radical (unpaired) electrons. The summed E-state index contributed by atoms with van der Waals surface area (Å²) in [5.74, 6) is 0. The van der Waals surface area contributed by atoms with Crippen molar-refractivity contribution < 1.29 is 4.74 Å². The summed E-state index contributed by atoms with van der Waals surface area (Å²) in [6.07, 6.45) is 0.949. The van der Waals surface area contributed by atoms with E-state index >= 15 is 0 Å². The molecule has 0 bridgehead atoms. The van der Waals surface area contributed by atoms with E-state index in [1.807, 2.05) is 0 Å². The van der Waals surface area contributed by atoms with Crippen LogP contribution in [0, 0.1) is 6.35 Å². The summed E-state index contributed by atoms with van der Waals surface area (Å²) in [4.78, 5) is 2.17. The SMILES string of the molecule is C1CN([C]2NCCO2)CN1. The molecule has 4 heteroatoms. The smallest absolute Gasteiger partial charge is 0.238 e. The molecule has 0 unspecified atom stereocenters. The van der Waals surface area contributed by atoms with Crippen LogP contribution in [0.5, 0.6) is 0 Å². The molecule has 57 valence electrons. The van der Waals surface area contributed by atoms with Crippen molar-refractivity contribution in [3.05, 3.63) is 6.35 Å². The number of nitrogens with one attached hydrogen (secondary N) is 2. The van der Waals surface area contributed by atoms with Crippen LogP contribution in [0.3, 0.4) is 0 Å². The minimum absolute atomic E-state index is 0.811. The molecule has 2 N–H and O–H groups in total. The maximum Gasteiger partial charge on any atom is 0.238 e. The van der Waals surface area contributed by atoms with Gasteiger partial charge in [-0.2, -0.15) is 0 Å². The van der Waals surface area contributed by atoms with E-state index in [4.69, 9.17) is 4.74 Å². The fourth-order valence-electron chi connectivity index (χ4n) is 1.24. The Balaban J connectivity index is 1.85. The largest absolute Gasteiger partial charge is 0.341 e. The summed E-state index contributed by atoms with van der Waals surface area (Å²) in [5.41, 5.74) is 0. The zero-order valence-corrected chi connectivity index (χ0v) is 5.89. The monoisotopic (exact) mass is 142 g/mol. The zero-order valence-electron chi connectivity index (χ0n) is 5.89. The van der Waals surface area contributed by atoms with Crippen molar-refractivity contribution in [2.45, 2.75) is 0 Å². The van der Waals surface area contributed by atoms with Gasteiger partial charge in [0.15, 0.2) is 0 Å². The van der Waals surface area contributed by atoms with Crippen LogP contribution in [0.4, 0.5) is 0 Å². The van der Waals surface area contributed by atoms with Crippen molar-refractivity contribution in [2.24, 2.45) is 0 Å². The van der Waals surface area contributed by atoms with E-state index in [1.165, 1.54) is 0 Å². The van der Waals surface area contributed by atoms with Gasteiger partial charge in [0.1, 0.15) is 0 Å². The van der Waals surface area contributed by atoms with Crippen molar-refractivity contribution in [2.75, 3.05) is 32.9 Å². The Morgan fingerprint density at radius 1 is 1.40 bits per heavy atom. The van der Waals surface area contributed by atoms with Gasteiger partial charge in [-0.15, -0.1) is 0 Å². The standard InChI is InChI=1S/C6H12N3O/c1-3-9(5-7-1)6-8-2-4-10-6/h7-8H,1-5H2. The van der Waals surface area contributed by atoms with E-state index in [0.29, 0.717) is 0 Å². The summed E-state index contributed by atoms with van der Waals surface area (Å²) >= 11 is 0. The third kappa shape index (κ3) is 1.15. The van der Waals surface area contributed by atoms with Crippen molar-refractivity contribution in [3.8, 4) is 0 Å². The van der Waals surface area contributed by atoms with Crippen LogP contribution in [0.1, 0.15) is 0 Å². The van der Waals surface area contributed by atoms with E-state index < -0.39 is 0 Å². The van der Waals surface area contributed by atoms with Gasteiger partial charge in [0.2, 0.25) is 6.35 Å². The number of ether oxygens (including phenoxy) is 1. The summed E-state index contributed by atoms with van der Waals surface area (Å²) in [6.45, 7) is 4.80. The maximum absolute atomic E-state index is 5.33. The van der Waals surface area contributed by atoms with Crippen LogP contribution in [0.25, 0.3) is 0 Å². The first kappa shape index (κ1) is 6.54. The van der Waals surface area contributed by atoms with Crippen molar-refractivity contribution in [1.82, 2.24) is 15.5 Å². The molecule has 0 aromatic carbocycles. The molecule has 0 spiro atoms. The number of nitrogens with zero attached hydrogens (tertiary/aromatic N) is 1. The predicted octanol–water partition coefficient (Wildman–Crippen LogP) is -1.08. The normalized spacial score (nSPS) is 30.0. The first-order valence-corrected chi connectivity index (χ1v) is 3.66. The predicted molar refractivity (Wildman–Crippen MR) is 36.8 cm³/mol. The Hall–Kier alpha value is -0.160. The van der Waals surface area contributed by atoms with E-state index in [9.17, 15) is 0 Å². The zero-order chi connectivity index (χ0) is 6.81. The molecule has 0 saturated carbocycles. The molecule has 2 aliphatic heterocycles. The molecule has 0 amide bonds. The van der Waals surface area contributed by atoms with Gasteiger partial charge in [0, 0.05) is 19.6 Å². The van der Waals surface area contributed by atoms with Gasteiger partial charge in [-0.25, -0.2) is 4.90 Å². The fourth-order valence-corrected chi connectivity index (χ4v) is 1.24. The Kier molecular flexibility index (Phi) is 1.86. The number of hydrogen-bond donors (Lipinski definition) is 2. The third-order valence-electron chi connectivity index (χ3n) is 1.77. The summed E-state index contributed by atoms with van der Waals surface area (Å²) in [6, 6.07) is 0. The highest BCUT2D eigenvalue weighted by Crippen LogP contribution is 2.11. The van der Waals surface area contributed by atoms with Gasteiger partial charge in [0.05, 0.1) is 13.3 Å². The third-order valence-corrected chi connectivity index (χ3v) is 1.77. The van der Waals surface area contributed by atoms with Crippen molar-refractivity contribution in [1.29, 1.82) is 0 Å². The van der Waals surface area contributed by atoms with Crippen molar-refractivity contribution >= 4 is 0 Å². The van der Waals surface area contributed by atoms with Gasteiger partial charge < -0.3 is 10.1 Å². The number of hydrogen-bond acceptors (Lipinski definition) is 4. The van der Waals surface area contributed by atoms with Gasteiger partial charge in [-0.3, -0.25) is 5.32 Å². The molecule has 0 aromatic heterocycles. The highest BCUT2D eigenvalue weighted by Gasteiger charge is 2.26. The second kappa shape index (κ2) is 2.84. The Morgan fingerprint density at radius 2 is 2.40 bits per heavy atom. The lowest BCUT2D eigenvalue weighted by Gasteiger charge is -2.18. The summed E-state index contributed by atoms with van der Waals surface area (Å²) in [5, 5.41) is 6.41. The maximum atomic E-state index is 5.33. The Labute approximate surface area is 60.5 Å².